The van der Waals surface area contributed by atoms with E-state index in [9.17, 15) is 5.11 Å². The Morgan fingerprint density at radius 1 is 1.43 bits per heavy atom. The molecule has 0 spiro atoms. The molecule has 0 amide bonds. The fourth-order valence-corrected chi connectivity index (χ4v) is 1.67. The topological polar surface area (TPSA) is 32.3 Å². The highest BCUT2D eigenvalue weighted by Crippen LogP contribution is 2.24. The molecule has 0 aliphatic heterocycles. The molecule has 14 heavy (non-hydrogen) atoms. The van der Waals surface area contributed by atoms with Gasteiger partial charge in [0.15, 0.2) is 0 Å². The van der Waals surface area contributed by atoms with Gasteiger partial charge in [0, 0.05) is 16.6 Å². The lowest BCUT2D eigenvalue weighted by Gasteiger charge is -2.20. The Morgan fingerprint density at radius 3 is 2.64 bits per heavy atom. The highest BCUT2D eigenvalue weighted by molar-refractivity contribution is 6.31. The van der Waals surface area contributed by atoms with E-state index in [-0.39, 0.29) is 6.04 Å². The number of hydrogen-bond donors (Lipinski definition) is 2. The van der Waals surface area contributed by atoms with Gasteiger partial charge < -0.3 is 10.4 Å². The third kappa shape index (κ3) is 2.71. The van der Waals surface area contributed by atoms with Crippen molar-refractivity contribution < 1.29 is 5.11 Å². The molecule has 3 heteroatoms. The van der Waals surface area contributed by atoms with Crippen LogP contribution in [-0.4, -0.2) is 17.7 Å². The Labute approximate surface area is 89.9 Å². The number of benzene rings is 1. The highest BCUT2D eigenvalue weighted by atomic mass is 35.5. The van der Waals surface area contributed by atoms with Crippen LogP contribution in [0.2, 0.25) is 5.02 Å². The number of halogens is 1. The van der Waals surface area contributed by atoms with Crippen LogP contribution >= 0.6 is 11.6 Å². The second-order valence-corrected chi connectivity index (χ2v) is 3.72. The van der Waals surface area contributed by atoms with Crippen LogP contribution in [-0.2, 0) is 0 Å². The van der Waals surface area contributed by atoms with Gasteiger partial charge in [0.25, 0.3) is 0 Å². The smallest absolute Gasteiger partial charge is 0.0954 e. The van der Waals surface area contributed by atoms with E-state index in [1.54, 1.807) is 6.07 Å². The second-order valence-electron chi connectivity index (χ2n) is 3.31. The average Bonchev–Trinajstić information content (AvgIpc) is 2.18. The maximum absolute atomic E-state index is 9.95. The van der Waals surface area contributed by atoms with Crippen LogP contribution in [0.25, 0.3) is 0 Å². The lowest BCUT2D eigenvalue weighted by atomic mass is 10.0. The number of aliphatic hydroxyl groups excluding tert-OH is 1. The summed E-state index contributed by atoms with van der Waals surface area (Å²) in [4.78, 5) is 0. The van der Waals surface area contributed by atoms with Gasteiger partial charge in [0.05, 0.1) is 6.10 Å². The maximum Gasteiger partial charge on any atom is 0.0954 e. The number of nitrogens with one attached hydrogen (secondary N) is 1. The summed E-state index contributed by atoms with van der Waals surface area (Å²) >= 11 is 5.98. The van der Waals surface area contributed by atoms with E-state index in [1.165, 1.54) is 0 Å². The van der Waals surface area contributed by atoms with Gasteiger partial charge >= 0.3 is 0 Å². The summed E-state index contributed by atoms with van der Waals surface area (Å²) in [5, 5.41) is 13.7. The second kappa shape index (κ2) is 5.35. The molecule has 0 aliphatic rings. The van der Waals surface area contributed by atoms with Gasteiger partial charge in [-0.15, -0.1) is 0 Å². The Hall–Kier alpha value is -0.570. The van der Waals surface area contributed by atoms with Crippen LogP contribution in [0.3, 0.4) is 0 Å². The Morgan fingerprint density at radius 2 is 2.07 bits per heavy atom. The molecule has 0 saturated carbocycles. The molecule has 2 atom stereocenters. The van der Waals surface area contributed by atoms with Gasteiger partial charge in [0.1, 0.15) is 0 Å². The summed E-state index contributed by atoms with van der Waals surface area (Å²) in [7, 11) is 0. The summed E-state index contributed by atoms with van der Waals surface area (Å²) in [6.45, 7) is 4.79. The quantitative estimate of drug-likeness (QED) is 0.805. The van der Waals surface area contributed by atoms with Crippen molar-refractivity contribution in [1.82, 2.24) is 5.32 Å². The van der Waals surface area contributed by atoms with E-state index >= 15 is 0 Å². The largest absolute Gasteiger partial charge is 0.387 e. The van der Waals surface area contributed by atoms with Crippen molar-refractivity contribution in [3.8, 4) is 0 Å². The third-order valence-corrected chi connectivity index (χ3v) is 2.57. The van der Waals surface area contributed by atoms with Gasteiger partial charge in [-0.1, -0.05) is 36.7 Å². The zero-order valence-electron chi connectivity index (χ0n) is 8.50. The van der Waals surface area contributed by atoms with Gasteiger partial charge in [0.2, 0.25) is 0 Å². The minimum Gasteiger partial charge on any atom is -0.387 e. The van der Waals surface area contributed by atoms with Gasteiger partial charge in [-0.25, -0.2) is 0 Å². The van der Waals surface area contributed by atoms with Gasteiger partial charge in [-0.2, -0.15) is 0 Å². The van der Waals surface area contributed by atoms with Crippen molar-refractivity contribution in [3.63, 3.8) is 0 Å². The first-order valence-corrected chi connectivity index (χ1v) is 5.20. The van der Waals surface area contributed by atoms with Crippen molar-refractivity contribution in [1.29, 1.82) is 0 Å². The Balaban J connectivity index is 2.78. The van der Waals surface area contributed by atoms with Crippen LogP contribution in [0.4, 0.5) is 0 Å². The molecule has 0 bridgehead atoms. The summed E-state index contributed by atoms with van der Waals surface area (Å²) in [6.07, 6.45) is -0.552. The van der Waals surface area contributed by atoms with Crippen molar-refractivity contribution in [2.24, 2.45) is 0 Å². The first kappa shape index (κ1) is 11.5. The van der Waals surface area contributed by atoms with E-state index in [2.05, 4.69) is 5.32 Å². The van der Waals surface area contributed by atoms with Crippen molar-refractivity contribution in [3.05, 3.63) is 34.9 Å². The lowest BCUT2D eigenvalue weighted by molar-refractivity contribution is 0.137. The zero-order valence-corrected chi connectivity index (χ0v) is 9.25. The normalized spacial score (nSPS) is 15.1. The molecular formula is C11H16ClNO. The lowest BCUT2D eigenvalue weighted by Crippen LogP contribution is -2.31. The SMILES string of the molecule is CCNC(C)C(O)c1ccccc1Cl. The molecule has 0 radical (unpaired) electrons. The monoisotopic (exact) mass is 213 g/mol. The molecule has 0 saturated heterocycles. The molecule has 2 unspecified atom stereocenters. The summed E-state index contributed by atoms with van der Waals surface area (Å²) in [6, 6.07) is 7.39. The number of aliphatic hydroxyl groups is 1. The maximum atomic E-state index is 9.95. The van der Waals surface area contributed by atoms with Crippen LogP contribution in [0.1, 0.15) is 25.5 Å². The molecule has 78 valence electrons. The summed E-state index contributed by atoms with van der Waals surface area (Å²) in [5.74, 6) is 0. The first-order chi connectivity index (χ1) is 6.66. The Bertz CT molecular complexity index is 290. The van der Waals surface area contributed by atoms with Crippen LogP contribution in [0.5, 0.6) is 0 Å². The number of likely N-dealkylation sites (N-methyl/N-ethyl adjacent to an activating group) is 1. The predicted molar refractivity (Wildman–Crippen MR) is 59.6 cm³/mol. The number of rotatable bonds is 4. The minimum atomic E-state index is -0.552. The van der Waals surface area contributed by atoms with E-state index in [0.29, 0.717) is 5.02 Å². The van der Waals surface area contributed by atoms with E-state index in [1.807, 2.05) is 32.0 Å². The molecule has 0 heterocycles. The average molecular weight is 214 g/mol. The fraction of sp³-hybridized carbons (Fsp3) is 0.455. The molecule has 1 aromatic rings. The van der Waals surface area contributed by atoms with Crippen LogP contribution < -0.4 is 5.32 Å². The van der Waals surface area contributed by atoms with Crippen LogP contribution in [0, 0.1) is 0 Å². The summed E-state index contributed by atoms with van der Waals surface area (Å²) in [5.41, 5.74) is 0.780. The zero-order chi connectivity index (χ0) is 10.6. The standard InChI is InChI=1S/C11H16ClNO/c1-3-13-8(2)11(14)9-6-4-5-7-10(9)12/h4-8,11,13-14H,3H2,1-2H3. The van der Waals surface area contributed by atoms with Crippen molar-refractivity contribution >= 4 is 11.6 Å². The minimum absolute atomic E-state index is 0.0138. The first-order valence-electron chi connectivity index (χ1n) is 4.82. The van der Waals surface area contributed by atoms with Crippen LogP contribution in [0.15, 0.2) is 24.3 Å². The highest BCUT2D eigenvalue weighted by Gasteiger charge is 2.17. The van der Waals surface area contributed by atoms with E-state index < -0.39 is 6.10 Å². The molecule has 0 fully saturated rings. The Kier molecular flexibility index (Phi) is 4.39. The predicted octanol–water partition coefficient (Wildman–Crippen LogP) is 2.37. The van der Waals surface area contributed by atoms with Gasteiger partial charge in [-0.3, -0.25) is 0 Å². The third-order valence-electron chi connectivity index (χ3n) is 2.22. The molecular weight excluding hydrogens is 198 g/mol. The fourth-order valence-electron chi connectivity index (χ4n) is 1.42. The van der Waals surface area contributed by atoms with Crippen molar-refractivity contribution in [2.45, 2.75) is 26.0 Å². The number of hydrogen-bond acceptors (Lipinski definition) is 2. The summed E-state index contributed by atoms with van der Waals surface area (Å²) < 4.78 is 0. The molecule has 2 N–H and O–H groups in total. The van der Waals surface area contributed by atoms with Gasteiger partial charge in [-0.05, 0) is 19.5 Å². The molecule has 1 rings (SSSR count). The van der Waals surface area contributed by atoms with Crippen molar-refractivity contribution in [2.75, 3.05) is 6.54 Å². The molecule has 2 nitrogen and oxygen atoms in total. The molecule has 0 aliphatic carbocycles. The van der Waals surface area contributed by atoms with E-state index in [4.69, 9.17) is 11.6 Å². The molecule has 1 aromatic carbocycles. The van der Waals surface area contributed by atoms with E-state index in [0.717, 1.165) is 12.1 Å². The molecule has 0 aromatic heterocycles.